The third kappa shape index (κ3) is 3.40. The fourth-order valence-corrected chi connectivity index (χ4v) is 2.20. The van der Waals surface area contributed by atoms with E-state index in [0.29, 0.717) is 5.76 Å². The molecule has 1 amide bonds. The average molecular weight is 327 g/mol. The Morgan fingerprint density at radius 3 is 2.71 bits per heavy atom. The van der Waals surface area contributed by atoms with Crippen LogP contribution in [0.25, 0.3) is 0 Å². The first-order chi connectivity index (χ1) is 11.5. The molecule has 0 spiro atoms. The van der Waals surface area contributed by atoms with E-state index >= 15 is 0 Å². The molecule has 1 aromatic carbocycles. The van der Waals surface area contributed by atoms with Crippen molar-refractivity contribution in [3.8, 4) is 0 Å². The summed E-state index contributed by atoms with van der Waals surface area (Å²) in [5, 5.41) is 6.13. The second-order valence-corrected chi connectivity index (χ2v) is 5.26. The number of carbonyl (C=O) groups is 1. The quantitative estimate of drug-likeness (QED) is 0.799. The Balaban J connectivity index is 1.81. The summed E-state index contributed by atoms with van der Waals surface area (Å²) in [7, 11) is 0. The molecule has 0 atom stereocenters. The van der Waals surface area contributed by atoms with E-state index in [1.54, 1.807) is 31.3 Å². The third-order valence-electron chi connectivity index (χ3n) is 3.40. The molecule has 0 bridgehead atoms. The van der Waals surface area contributed by atoms with Crippen LogP contribution in [-0.2, 0) is 6.54 Å². The van der Waals surface area contributed by atoms with Crippen LogP contribution in [-0.4, -0.2) is 15.6 Å². The number of aryl methyl sites for hydroxylation is 1. The minimum absolute atomic E-state index is 0.0980. The number of rotatable bonds is 4. The number of pyridine rings is 1. The van der Waals surface area contributed by atoms with Crippen LogP contribution in [0.15, 0.2) is 58.0 Å². The van der Waals surface area contributed by atoms with Gasteiger partial charge in [0.25, 0.3) is 11.5 Å². The lowest BCUT2D eigenvalue weighted by Crippen LogP contribution is -2.26. The van der Waals surface area contributed by atoms with Gasteiger partial charge in [-0.05, 0) is 36.8 Å². The van der Waals surface area contributed by atoms with E-state index in [4.69, 9.17) is 4.52 Å². The zero-order chi connectivity index (χ0) is 17.1. The third-order valence-corrected chi connectivity index (χ3v) is 3.40. The summed E-state index contributed by atoms with van der Waals surface area (Å²) in [6.07, 6.45) is 1.60. The first-order valence-electron chi connectivity index (χ1n) is 7.21. The second kappa shape index (κ2) is 6.49. The molecular weight excluding hydrogens is 313 g/mol. The highest BCUT2D eigenvalue weighted by atomic mass is 19.1. The van der Waals surface area contributed by atoms with Gasteiger partial charge in [-0.3, -0.25) is 9.59 Å². The Labute approximate surface area is 136 Å². The lowest BCUT2D eigenvalue weighted by molar-refractivity contribution is 0.101. The minimum Gasteiger partial charge on any atom is -0.361 e. The summed E-state index contributed by atoms with van der Waals surface area (Å²) in [6, 6.07) is 10.5. The zero-order valence-corrected chi connectivity index (χ0v) is 12.8. The van der Waals surface area contributed by atoms with Crippen molar-refractivity contribution >= 4 is 11.6 Å². The van der Waals surface area contributed by atoms with Crippen LogP contribution in [0.2, 0.25) is 0 Å². The van der Waals surface area contributed by atoms with Gasteiger partial charge in [0, 0.05) is 12.3 Å². The Kier molecular flexibility index (Phi) is 4.24. The van der Waals surface area contributed by atoms with Gasteiger partial charge in [0.15, 0.2) is 5.69 Å². The molecule has 122 valence electrons. The van der Waals surface area contributed by atoms with E-state index < -0.39 is 5.91 Å². The standard InChI is InChI=1S/C17H14FN3O3/c1-11-9-15(20-24-11)16(22)19-14-3-2-8-21(17(14)23)10-12-4-6-13(18)7-5-12/h2-9H,10H2,1H3,(H,19,22). The molecule has 0 fully saturated rings. The molecule has 2 aromatic heterocycles. The van der Waals surface area contributed by atoms with Crippen LogP contribution in [0.4, 0.5) is 10.1 Å². The fourth-order valence-electron chi connectivity index (χ4n) is 2.20. The van der Waals surface area contributed by atoms with Gasteiger partial charge in [-0.25, -0.2) is 4.39 Å². The predicted octanol–water partition coefficient (Wildman–Crippen LogP) is 2.58. The molecule has 0 aliphatic carbocycles. The van der Waals surface area contributed by atoms with Crippen molar-refractivity contribution < 1.29 is 13.7 Å². The summed E-state index contributed by atoms with van der Waals surface area (Å²) in [5.41, 5.74) is 0.635. The van der Waals surface area contributed by atoms with Crippen molar-refractivity contribution in [1.29, 1.82) is 0 Å². The molecule has 3 rings (SSSR count). The van der Waals surface area contributed by atoms with Crippen LogP contribution in [0.3, 0.4) is 0 Å². The largest absolute Gasteiger partial charge is 0.361 e. The smallest absolute Gasteiger partial charge is 0.278 e. The van der Waals surface area contributed by atoms with E-state index in [2.05, 4.69) is 10.5 Å². The van der Waals surface area contributed by atoms with E-state index in [1.807, 2.05) is 0 Å². The molecule has 24 heavy (non-hydrogen) atoms. The summed E-state index contributed by atoms with van der Waals surface area (Å²) < 4.78 is 19.2. The van der Waals surface area contributed by atoms with Crippen molar-refractivity contribution in [3.63, 3.8) is 0 Å². The minimum atomic E-state index is -0.525. The van der Waals surface area contributed by atoms with Crippen molar-refractivity contribution in [1.82, 2.24) is 9.72 Å². The number of benzene rings is 1. The van der Waals surface area contributed by atoms with Crippen molar-refractivity contribution in [2.75, 3.05) is 5.32 Å². The highest BCUT2D eigenvalue weighted by molar-refractivity contribution is 6.02. The maximum Gasteiger partial charge on any atom is 0.278 e. The second-order valence-electron chi connectivity index (χ2n) is 5.26. The van der Waals surface area contributed by atoms with Crippen LogP contribution >= 0.6 is 0 Å². The van der Waals surface area contributed by atoms with Gasteiger partial charge in [0.05, 0.1) is 6.54 Å². The molecule has 0 saturated heterocycles. The van der Waals surface area contributed by atoms with E-state index in [9.17, 15) is 14.0 Å². The number of halogens is 1. The molecule has 7 heteroatoms. The topological polar surface area (TPSA) is 77.1 Å². The number of amides is 1. The number of aromatic nitrogens is 2. The summed E-state index contributed by atoms with van der Waals surface area (Å²) >= 11 is 0. The molecule has 0 aliphatic heterocycles. The number of anilines is 1. The monoisotopic (exact) mass is 327 g/mol. The van der Waals surface area contributed by atoms with E-state index in [-0.39, 0.29) is 29.3 Å². The first-order valence-corrected chi connectivity index (χ1v) is 7.21. The maximum absolute atomic E-state index is 12.9. The highest BCUT2D eigenvalue weighted by Gasteiger charge is 2.13. The summed E-state index contributed by atoms with van der Waals surface area (Å²) in [5.74, 6) is -0.361. The zero-order valence-electron chi connectivity index (χ0n) is 12.8. The molecule has 0 aliphatic rings. The van der Waals surface area contributed by atoms with Crippen molar-refractivity contribution in [3.05, 3.63) is 81.9 Å². The SMILES string of the molecule is Cc1cc(C(=O)Nc2cccn(Cc3ccc(F)cc3)c2=O)no1. The number of carbonyl (C=O) groups excluding carboxylic acids is 1. The van der Waals surface area contributed by atoms with Gasteiger partial charge >= 0.3 is 0 Å². The van der Waals surface area contributed by atoms with Gasteiger partial charge < -0.3 is 14.4 Å². The van der Waals surface area contributed by atoms with Crippen molar-refractivity contribution in [2.45, 2.75) is 13.5 Å². The van der Waals surface area contributed by atoms with Gasteiger partial charge in [-0.15, -0.1) is 0 Å². The maximum atomic E-state index is 12.9. The van der Waals surface area contributed by atoms with E-state index in [0.717, 1.165) is 5.56 Å². The number of nitrogens with one attached hydrogen (secondary N) is 1. The molecular formula is C17H14FN3O3. The molecule has 3 aromatic rings. The van der Waals surface area contributed by atoms with Crippen LogP contribution < -0.4 is 10.9 Å². The van der Waals surface area contributed by atoms with Gasteiger partial charge in [0.1, 0.15) is 17.3 Å². The Hall–Kier alpha value is -3.22. The number of hydrogen-bond acceptors (Lipinski definition) is 4. The average Bonchev–Trinajstić information content (AvgIpc) is 3.00. The Bertz CT molecular complexity index is 929. The summed E-state index contributed by atoms with van der Waals surface area (Å²) in [4.78, 5) is 24.5. The normalized spacial score (nSPS) is 10.6. The molecule has 0 saturated carbocycles. The van der Waals surface area contributed by atoms with Gasteiger partial charge in [-0.2, -0.15) is 0 Å². The van der Waals surface area contributed by atoms with Crippen LogP contribution in [0.1, 0.15) is 21.8 Å². The highest BCUT2D eigenvalue weighted by Crippen LogP contribution is 2.08. The Morgan fingerprint density at radius 1 is 1.29 bits per heavy atom. The van der Waals surface area contributed by atoms with Gasteiger partial charge in [-0.1, -0.05) is 17.3 Å². The van der Waals surface area contributed by atoms with Crippen molar-refractivity contribution in [2.24, 2.45) is 0 Å². The molecule has 1 N–H and O–H groups in total. The number of nitrogens with zero attached hydrogens (tertiary/aromatic N) is 2. The van der Waals surface area contributed by atoms with Crippen LogP contribution in [0, 0.1) is 12.7 Å². The molecule has 0 radical (unpaired) electrons. The fraction of sp³-hybridized carbons (Fsp3) is 0.118. The lowest BCUT2D eigenvalue weighted by atomic mass is 10.2. The Morgan fingerprint density at radius 2 is 2.04 bits per heavy atom. The first kappa shape index (κ1) is 15.7. The van der Waals surface area contributed by atoms with Gasteiger partial charge in [0.2, 0.25) is 0 Å². The number of hydrogen-bond donors (Lipinski definition) is 1. The lowest BCUT2D eigenvalue weighted by Gasteiger charge is -2.08. The summed E-state index contributed by atoms with van der Waals surface area (Å²) in [6.45, 7) is 1.94. The van der Waals surface area contributed by atoms with Crippen LogP contribution in [0.5, 0.6) is 0 Å². The van der Waals surface area contributed by atoms with E-state index in [1.165, 1.54) is 28.8 Å². The predicted molar refractivity (Wildman–Crippen MR) is 85.4 cm³/mol. The molecule has 0 unspecified atom stereocenters. The molecule has 2 heterocycles. The molecule has 6 nitrogen and oxygen atoms in total.